The molecule has 28 heavy (non-hydrogen) atoms. The minimum atomic E-state index is -0.671. The van der Waals surface area contributed by atoms with Crippen molar-refractivity contribution in [2.45, 2.75) is 19.1 Å². The Balaban J connectivity index is 1.84. The van der Waals surface area contributed by atoms with Crippen molar-refractivity contribution < 1.29 is 19.4 Å². The van der Waals surface area contributed by atoms with Crippen molar-refractivity contribution in [2.24, 2.45) is 0 Å². The largest absolute Gasteiger partial charge is 0.493 e. The highest BCUT2D eigenvalue weighted by molar-refractivity contribution is 5.94. The van der Waals surface area contributed by atoms with Gasteiger partial charge in [-0.2, -0.15) is 0 Å². The molecule has 0 unspecified atom stereocenters. The van der Waals surface area contributed by atoms with E-state index in [1.165, 1.54) is 19.6 Å². The lowest BCUT2D eigenvalue weighted by molar-refractivity contribution is 0.100. The third-order valence-electron chi connectivity index (χ3n) is 4.53. The summed E-state index contributed by atoms with van der Waals surface area (Å²) in [6.07, 6.45) is -0.671. The highest BCUT2D eigenvalue weighted by Gasteiger charge is 2.15. The van der Waals surface area contributed by atoms with Gasteiger partial charge in [0.2, 0.25) is 0 Å². The molecule has 2 atom stereocenters. The highest BCUT2D eigenvalue weighted by atomic mass is 16.5. The number of rotatable bonds is 11. The Bertz CT molecular complexity index is 749. The van der Waals surface area contributed by atoms with Crippen LogP contribution in [0.5, 0.6) is 11.5 Å². The van der Waals surface area contributed by atoms with Gasteiger partial charge in [-0.1, -0.05) is 30.3 Å². The van der Waals surface area contributed by atoms with Gasteiger partial charge in [0, 0.05) is 24.7 Å². The van der Waals surface area contributed by atoms with Crippen LogP contribution in [0.1, 0.15) is 28.9 Å². The molecule has 0 bridgehead atoms. The smallest absolute Gasteiger partial charge is 0.161 e. The first-order valence-corrected chi connectivity index (χ1v) is 9.34. The molecule has 152 valence electrons. The number of hydrogen-bond acceptors (Lipinski definition) is 6. The van der Waals surface area contributed by atoms with Gasteiger partial charge in [-0.05, 0) is 44.8 Å². The molecule has 0 aliphatic rings. The predicted octanol–water partition coefficient (Wildman–Crippen LogP) is 2.53. The molecule has 2 N–H and O–H groups in total. The summed E-state index contributed by atoms with van der Waals surface area (Å²) in [5, 5.41) is 13.5. The number of ketones is 1. The van der Waals surface area contributed by atoms with Crippen LogP contribution in [0, 0.1) is 0 Å². The van der Waals surface area contributed by atoms with Gasteiger partial charge in [0.05, 0.1) is 7.11 Å². The van der Waals surface area contributed by atoms with Crippen LogP contribution in [0.25, 0.3) is 0 Å². The number of carbonyl (C=O) groups excluding carboxylic acids is 1. The number of nitrogens with zero attached hydrogens (tertiary/aromatic N) is 1. The molecule has 6 heteroatoms. The summed E-state index contributed by atoms with van der Waals surface area (Å²) in [6, 6.07) is 15.5. The van der Waals surface area contributed by atoms with Gasteiger partial charge in [-0.3, -0.25) is 4.79 Å². The molecule has 0 aliphatic carbocycles. The SMILES string of the molecule is COc1cc(C(C)=O)ccc1OC[C@@H](O)CNC[C@H](c1ccccc1)N(C)C. The van der Waals surface area contributed by atoms with Crippen LogP contribution in [0.4, 0.5) is 0 Å². The number of nitrogens with one attached hydrogen (secondary N) is 1. The van der Waals surface area contributed by atoms with Crippen LogP contribution in [0.15, 0.2) is 48.5 Å². The lowest BCUT2D eigenvalue weighted by Gasteiger charge is -2.25. The normalized spacial score (nSPS) is 13.2. The zero-order chi connectivity index (χ0) is 20.5. The van der Waals surface area contributed by atoms with Crippen LogP contribution in [0.2, 0.25) is 0 Å². The van der Waals surface area contributed by atoms with E-state index in [2.05, 4.69) is 22.3 Å². The van der Waals surface area contributed by atoms with Crippen molar-refractivity contribution in [1.82, 2.24) is 10.2 Å². The van der Waals surface area contributed by atoms with E-state index < -0.39 is 6.10 Å². The molecule has 0 aliphatic heterocycles. The second kappa shape index (κ2) is 10.8. The molecule has 6 nitrogen and oxygen atoms in total. The lowest BCUT2D eigenvalue weighted by atomic mass is 10.1. The zero-order valence-electron chi connectivity index (χ0n) is 17.0. The van der Waals surface area contributed by atoms with Crippen molar-refractivity contribution in [1.29, 1.82) is 0 Å². The molecule has 0 aromatic heterocycles. The van der Waals surface area contributed by atoms with Crippen molar-refractivity contribution in [3.63, 3.8) is 0 Å². The van der Waals surface area contributed by atoms with E-state index in [0.29, 0.717) is 30.2 Å². The number of hydrogen-bond donors (Lipinski definition) is 2. The van der Waals surface area contributed by atoms with Crippen molar-refractivity contribution >= 4 is 5.78 Å². The Labute approximate surface area is 167 Å². The Hall–Kier alpha value is -2.41. The maximum Gasteiger partial charge on any atom is 0.161 e. The molecule has 0 fully saturated rings. The van der Waals surface area contributed by atoms with Crippen molar-refractivity contribution in [3.05, 3.63) is 59.7 Å². The van der Waals surface area contributed by atoms with Gasteiger partial charge in [-0.15, -0.1) is 0 Å². The molecule has 0 saturated heterocycles. The molecule has 0 amide bonds. The summed E-state index contributed by atoms with van der Waals surface area (Å²) >= 11 is 0. The van der Waals surface area contributed by atoms with E-state index in [-0.39, 0.29) is 18.4 Å². The average molecular weight is 386 g/mol. The Kier molecular flexibility index (Phi) is 8.44. The highest BCUT2D eigenvalue weighted by Crippen LogP contribution is 2.28. The number of likely N-dealkylation sites (N-methyl/N-ethyl adjacent to an activating group) is 1. The molecule has 2 rings (SSSR count). The lowest BCUT2D eigenvalue weighted by Crippen LogP contribution is -2.37. The van der Waals surface area contributed by atoms with E-state index in [1.54, 1.807) is 18.2 Å². The summed E-state index contributed by atoms with van der Waals surface area (Å²) in [6.45, 7) is 2.75. The maximum atomic E-state index is 11.5. The Morgan fingerprint density at radius 3 is 2.43 bits per heavy atom. The quantitative estimate of drug-likeness (QED) is 0.579. The number of ether oxygens (including phenoxy) is 2. The summed E-state index contributed by atoms with van der Waals surface area (Å²) in [5.41, 5.74) is 1.78. The van der Waals surface area contributed by atoms with Gasteiger partial charge in [0.25, 0.3) is 0 Å². The van der Waals surface area contributed by atoms with Gasteiger partial charge in [0.1, 0.15) is 12.7 Å². The molecule has 0 saturated carbocycles. The van der Waals surface area contributed by atoms with Crippen LogP contribution in [0.3, 0.4) is 0 Å². The zero-order valence-corrected chi connectivity index (χ0v) is 17.0. The Morgan fingerprint density at radius 1 is 1.11 bits per heavy atom. The minimum absolute atomic E-state index is 0.0389. The Morgan fingerprint density at radius 2 is 1.82 bits per heavy atom. The van der Waals surface area contributed by atoms with Crippen molar-refractivity contribution in [3.8, 4) is 11.5 Å². The number of methoxy groups -OCH3 is 1. The van der Waals surface area contributed by atoms with E-state index in [9.17, 15) is 9.90 Å². The van der Waals surface area contributed by atoms with E-state index in [0.717, 1.165) is 0 Å². The molecular weight excluding hydrogens is 356 g/mol. The first-order chi connectivity index (χ1) is 13.4. The summed E-state index contributed by atoms with van der Waals surface area (Å²) in [7, 11) is 5.60. The van der Waals surface area contributed by atoms with Crippen LogP contribution >= 0.6 is 0 Å². The molecule has 2 aromatic rings. The van der Waals surface area contributed by atoms with E-state index >= 15 is 0 Å². The van der Waals surface area contributed by atoms with Gasteiger partial charge >= 0.3 is 0 Å². The first-order valence-electron chi connectivity index (χ1n) is 9.34. The fourth-order valence-corrected chi connectivity index (χ4v) is 2.91. The third kappa shape index (κ3) is 6.34. The van der Waals surface area contributed by atoms with Gasteiger partial charge < -0.3 is 24.8 Å². The third-order valence-corrected chi connectivity index (χ3v) is 4.53. The first kappa shape index (κ1) is 21.9. The summed E-state index contributed by atoms with van der Waals surface area (Å²) in [4.78, 5) is 13.6. The fourth-order valence-electron chi connectivity index (χ4n) is 2.91. The second-order valence-electron chi connectivity index (χ2n) is 6.93. The summed E-state index contributed by atoms with van der Waals surface area (Å²) < 4.78 is 11.0. The molecule has 2 aromatic carbocycles. The monoisotopic (exact) mass is 386 g/mol. The minimum Gasteiger partial charge on any atom is -0.493 e. The van der Waals surface area contributed by atoms with Crippen LogP contribution < -0.4 is 14.8 Å². The average Bonchev–Trinajstić information content (AvgIpc) is 2.69. The number of Topliss-reactive ketones (excluding diaryl/α,β-unsaturated/α-hetero) is 1. The second-order valence-corrected chi connectivity index (χ2v) is 6.93. The van der Waals surface area contributed by atoms with Crippen LogP contribution in [-0.2, 0) is 0 Å². The predicted molar refractivity (Wildman–Crippen MR) is 110 cm³/mol. The number of benzene rings is 2. The molecule has 0 spiro atoms. The number of aliphatic hydroxyl groups excluding tert-OH is 1. The molecular formula is C22H30N2O4. The topological polar surface area (TPSA) is 71.0 Å². The number of carbonyl (C=O) groups is 1. The van der Waals surface area contributed by atoms with Gasteiger partial charge in [-0.25, -0.2) is 0 Å². The van der Waals surface area contributed by atoms with E-state index in [1.807, 2.05) is 32.3 Å². The standard InChI is InChI=1S/C22H30N2O4/c1-16(25)18-10-11-21(22(12-18)27-4)28-15-19(26)13-23-14-20(24(2)3)17-8-6-5-7-9-17/h5-12,19-20,23,26H,13-15H2,1-4H3/t19-,20+/m0/s1. The maximum absolute atomic E-state index is 11.5. The summed E-state index contributed by atoms with van der Waals surface area (Å²) in [5.74, 6) is 0.939. The van der Waals surface area contributed by atoms with Crippen molar-refractivity contribution in [2.75, 3.05) is 40.9 Å². The fraction of sp³-hybridized carbons (Fsp3) is 0.409. The molecule has 0 radical (unpaired) electrons. The number of aliphatic hydroxyl groups is 1. The van der Waals surface area contributed by atoms with E-state index in [4.69, 9.17) is 9.47 Å². The van der Waals surface area contributed by atoms with Crippen LogP contribution in [-0.4, -0.2) is 62.8 Å². The van der Waals surface area contributed by atoms with Gasteiger partial charge in [0.15, 0.2) is 17.3 Å². The molecule has 0 heterocycles.